The summed E-state index contributed by atoms with van der Waals surface area (Å²) >= 11 is 5.00. The molecule has 160 valence electrons. The second kappa shape index (κ2) is 8.10. The van der Waals surface area contributed by atoms with Crippen LogP contribution in [0.5, 0.6) is 5.88 Å². The maximum Gasteiger partial charge on any atom is 0.289 e. The minimum absolute atomic E-state index is 0.0965. The van der Waals surface area contributed by atoms with Crippen LogP contribution in [0.1, 0.15) is 32.9 Å². The number of halogens is 1. The van der Waals surface area contributed by atoms with Gasteiger partial charge in [0.05, 0.1) is 17.2 Å². The highest BCUT2D eigenvalue weighted by Gasteiger charge is 2.33. The highest BCUT2D eigenvalue weighted by molar-refractivity contribution is 9.10. The van der Waals surface area contributed by atoms with Crippen LogP contribution < -0.4 is 0 Å². The number of aryl methyl sites for hydroxylation is 1. The quantitative estimate of drug-likeness (QED) is 0.458. The van der Waals surface area contributed by atoms with Crippen molar-refractivity contribution in [3.8, 4) is 5.88 Å². The lowest BCUT2D eigenvalue weighted by molar-refractivity contribution is 0.0568. The maximum absolute atomic E-state index is 12.6. The number of furan rings is 1. The molecule has 1 aromatic carbocycles. The molecule has 1 fully saturated rings. The van der Waals surface area contributed by atoms with Gasteiger partial charge in [0.2, 0.25) is 10.8 Å². The third kappa shape index (κ3) is 3.75. The maximum atomic E-state index is 12.6. The lowest BCUT2D eigenvalue weighted by Crippen LogP contribution is -2.49. The second-order valence-corrected chi connectivity index (χ2v) is 9.33. The van der Waals surface area contributed by atoms with Crippen molar-refractivity contribution in [1.29, 1.82) is 0 Å². The summed E-state index contributed by atoms with van der Waals surface area (Å²) < 4.78 is 7.73. The van der Waals surface area contributed by atoms with Gasteiger partial charge >= 0.3 is 0 Å². The van der Waals surface area contributed by atoms with Gasteiger partial charge in [0.15, 0.2) is 5.76 Å². The number of thiazole rings is 1. The van der Waals surface area contributed by atoms with Gasteiger partial charge in [-0.05, 0) is 36.8 Å². The van der Waals surface area contributed by atoms with Gasteiger partial charge in [-0.3, -0.25) is 9.69 Å². The number of aromatic nitrogens is 3. The summed E-state index contributed by atoms with van der Waals surface area (Å²) in [5, 5.41) is 15.3. The van der Waals surface area contributed by atoms with E-state index < -0.39 is 0 Å². The Labute approximate surface area is 190 Å². The van der Waals surface area contributed by atoms with E-state index in [1.54, 1.807) is 24.0 Å². The number of piperazine rings is 1. The van der Waals surface area contributed by atoms with Crippen molar-refractivity contribution in [2.45, 2.75) is 13.0 Å². The van der Waals surface area contributed by atoms with Crippen LogP contribution in [0.25, 0.3) is 4.96 Å². The summed E-state index contributed by atoms with van der Waals surface area (Å²) in [5.74, 6) is 0.994. The van der Waals surface area contributed by atoms with Crippen molar-refractivity contribution in [2.75, 3.05) is 26.2 Å². The van der Waals surface area contributed by atoms with Gasteiger partial charge in [-0.15, -0.1) is 5.10 Å². The predicted octanol–water partition coefficient (Wildman–Crippen LogP) is 3.71. The Morgan fingerprint density at radius 1 is 1.23 bits per heavy atom. The Balaban J connectivity index is 1.46. The van der Waals surface area contributed by atoms with Crippen LogP contribution in [0.4, 0.5) is 0 Å². The van der Waals surface area contributed by atoms with Crippen molar-refractivity contribution in [2.24, 2.45) is 0 Å². The third-order valence-corrected chi connectivity index (χ3v) is 6.98. The van der Waals surface area contributed by atoms with Crippen molar-refractivity contribution in [1.82, 2.24) is 24.4 Å². The van der Waals surface area contributed by atoms with Gasteiger partial charge in [0, 0.05) is 30.7 Å². The van der Waals surface area contributed by atoms with E-state index >= 15 is 0 Å². The molecule has 8 nitrogen and oxygen atoms in total. The lowest BCUT2D eigenvalue weighted by atomic mass is 10.0. The van der Waals surface area contributed by atoms with Gasteiger partial charge in [0.1, 0.15) is 5.82 Å². The number of hydrogen-bond donors (Lipinski definition) is 1. The molecule has 0 aliphatic carbocycles. The molecule has 31 heavy (non-hydrogen) atoms. The van der Waals surface area contributed by atoms with Gasteiger partial charge in [-0.1, -0.05) is 39.4 Å². The molecule has 5 rings (SSSR count). The van der Waals surface area contributed by atoms with Crippen LogP contribution in [0, 0.1) is 6.92 Å². The van der Waals surface area contributed by atoms with Gasteiger partial charge < -0.3 is 14.4 Å². The summed E-state index contributed by atoms with van der Waals surface area (Å²) in [6.07, 6.45) is 1.51. The summed E-state index contributed by atoms with van der Waals surface area (Å²) in [6.45, 7) is 4.28. The first-order valence-electron chi connectivity index (χ1n) is 9.88. The number of nitrogens with zero attached hydrogens (tertiary/aromatic N) is 5. The van der Waals surface area contributed by atoms with Crippen molar-refractivity contribution in [3.05, 3.63) is 69.2 Å². The zero-order valence-corrected chi connectivity index (χ0v) is 19.1. The van der Waals surface area contributed by atoms with Crippen molar-refractivity contribution < 1.29 is 14.3 Å². The molecule has 1 saturated heterocycles. The zero-order valence-electron chi connectivity index (χ0n) is 16.7. The molecule has 1 amide bonds. The van der Waals surface area contributed by atoms with Crippen molar-refractivity contribution >= 4 is 38.1 Å². The number of fused-ring (bicyclic) bond motifs is 1. The molecule has 1 atom stereocenters. The number of carbonyl (C=O) groups is 1. The predicted molar refractivity (Wildman–Crippen MR) is 119 cm³/mol. The first-order chi connectivity index (χ1) is 15.0. The molecule has 1 N–H and O–H groups in total. The van der Waals surface area contributed by atoms with Crippen molar-refractivity contribution in [3.63, 3.8) is 0 Å². The molecule has 4 heterocycles. The SMILES string of the molecule is Cc1nc2sc([C@H](c3cccc(Br)c3)N3CCN(C(=O)c4ccco4)CC3)c(O)n2n1. The monoisotopic (exact) mass is 501 g/mol. The molecule has 10 heteroatoms. The fourth-order valence-electron chi connectivity index (χ4n) is 3.97. The number of aromatic hydroxyl groups is 1. The largest absolute Gasteiger partial charge is 0.492 e. The molecule has 1 aliphatic rings. The number of carbonyl (C=O) groups excluding carboxylic acids is 1. The molecular formula is C21H20BrN5O3S. The standard InChI is InChI=1S/C21H20BrN5O3S/c1-13-23-21-27(24-13)20(29)18(31-21)17(14-4-2-5-15(22)12-14)25-7-9-26(10-8-25)19(28)16-6-3-11-30-16/h2-6,11-12,17,29H,7-10H2,1H3/t17-/m0/s1. The minimum Gasteiger partial charge on any atom is -0.492 e. The minimum atomic E-state index is -0.174. The van der Waals surface area contributed by atoms with Crippen LogP contribution >= 0.6 is 27.3 Å². The second-order valence-electron chi connectivity index (χ2n) is 7.41. The molecule has 3 aromatic heterocycles. The van der Waals surface area contributed by atoms with E-state index in [1.807, 2.05) is 12.1 Å². The first-order valence-corrected chi connectivity index (χ1v) is 11.5. The summed E-state index contributed by atoms with van der Waals surface area (Å²) in [7, 11) is 0. The molecule has 0 radical (unpaired) electrons. The highest BCUT2D eigenvalue weighted by atomic mass is 79.9. The topological polar surface area (TPSA) is 87.1 Å². The van der Waals surface area contributed by atoms with Gasteiger partial charge in [0.25, 0.3) is 5.91 Å². The molecule has 0 spiro atoms. The Bertz CT molecular complexity index is 1230. The zero-order chi connectivity index (χ0) is 21.5. The number of rotatable bonds is 4. The fourth-order valence-corrected chi connectivity index (χ4v) is 5.55. The van der Waals surface area contributed by atoms with E-state index in [9.17, 15) is 9.90 Å². The summed E-state index contributed by atoms with van der Waals surface area (Å²) in [6, 6.07) is 11.3. The molecule has 4 aromatic rings. The average molecular weight is 502 g/mol. The van der Waals surface area contributed by atoms with Crippen LogP contribution in [0.15, 0.2) is 51.6 Å². The van der Waals surface area contributed by atoms with Gasteiger partial charge in [-0.25, -0.2) is 4.98 Å². The number of hydrogen-bond acceptors (Lipinski definition) is 7. The highest BCUT2D eigenvalue weighted by Crippen LogP contribution is 2.40. The average Bonchev–Trinajstić information content (AvgIpc) is 3.48. The smallest absolute Gasteiger partial charge is 0.289 e. The lowest BCUT2D eigenvalue weighted by Gasteiger charge is -2.38. The summed E-state index contributed by atoms with van der Waals surface area (Å²) in [5.41, 5.74) is 1.05. The van der Waals surface area contributed by atoms with Crippen LogP contribution in [0.2, 0.25) is 0 Å². The van der Waals surface area contributed by atoms with E-state index in [0.717, 1.165) is 14.9 Å². The fraction of sp³-hybridized carbons (Fsp3) is 0.286. The molecule has 0 saturated carbocycles. The number of benzene rings is 1. The van der Waals surface area contributed by atoms with Crippen LogP contribution in [-0.2, 0) is 0 Å². The van der Waals surface area contributed by atoms with Crippen LogP contribution in [0.3, 0.4) is 0 Å². The molecule has 0 bridgehead atoms. The third-order valence-electron chi connectivity index (χ3n) is 5.42. The van der Waals surface area contributed by atoms with E-state index in [4.69, 9.17) is 4.42 Å². The number of amides is 1. The molecular weight excluding hydrogens is 482 g/mol. The normalized spacial score (nSPS) is 16.1. The Kier molecular flexibility index (Phi) is 5.28. The van der Waals surface area contributed by atoms with Crippen LogP contribution in [-0.4, -0.2) is 61.6 Å². The molecule has 1 aliphatic heterocycles. The van der Waals surface area contributed by atoms with Gasteiger partial charge in [-0.2, -0.15) is 4.52 Å². The Morgan fingerprint density at radius 2 is 2.03 bits per heavy atom. The van der Waals surface area contributed by atoms with E-state index in [0.29, 0.717) is 42.7 Å². The van der Waals surface area contributed by atoms with E-state index in [2.05, 4.69) is 43.0 Å². The van der Waals surface area contributed by atoms with E-state index in [-0.39, 0.29) is 17.8 Å². The molecule has 0 unspecified atom stereocenters. The first kappa shape index (κ1) is 20.2. The summed E-state index contributed by atoms with van der Waals surface area (Å²) in [4.78, 5) is 22.6. The van der Waals surface area contributed by atoms with E-state index in [1.165, 1.54) is 22.1 Å². The Morgan fingerprint density at radius 3 is 2.71 bits per heavy atom. The Hall–Kier alpha value is -2.69.